The minimum atomic E-state index is -0.287. The van der Waals surface area contributed by atoms with Gasteiger partial charge in [-0.05, 0) is 54.1 Å². The van der Waals surface area contributed by atoms with Gasteiger partial charge in [0.05, 0.1) is 7.11 Å². The minimum absolute atomic E-state index is 0.118. The van der Waals surface area contributed by atoms with Gasteiger partial charge < -0.3 is 19.5 Å². The molecule has 0 spiro atoms. The first-order valence-electron chi connectivity index (χ1n) is 8.66. The maximum Gasteiger partial charge on any atom is 0.262 e. The van der Waals surface area contributed by atoms with Crippen LogP contribution in [0.15, 0.2) is 72.8 Å². The first kappa shape index (κ1) is 19.2. The Balaban J connectivity index is 1.50. The summed E-state index contributed by atoms with van der Waals surface area (Å²) in [5.74, 6) is 1.32. The summed E-state index contributed by atoms with van der Waals surface area (Å²) in [6.45, 7) is 0.186. The van der Waals surface area contributed by atoms with E-state index < -0.39 is 0 Å². The number of ether oxygens (including phenoxy) is 3. The fourth-order valence-electron chi connectivity index (χ4n) is 2.43. The van der Waals surface area contributed by atoms with Gasteiger partial charge in [0.1, 0.15) is 29.7 Å². The first-order valence-corrected chi connectivity index (χ1v) is 8.66. The Bertz CT molecular complexity index is 911. The maximum atomic E-state index is 12.9. The van der Waals surface area contributed by atoms with Crippen molar-refractivity contribution >= 4 is 11.6 Å². The van der Waals surface area contributed by atoms with Gasteiger partial charge in [0.25, 0.3) is 5.91 Å². The maximum absolute atomic E-state index is 12.9. The topological polar surface area (TPSA) is 56.8 Å². The van der Waals surface area contributed by atoms with Gasteiger partial charge in [-0.3, -0.25) is 4.79 Å². The average molecular weight is 381 g/mol. The van der Waals surface area contributed by atoms with Gasteiger partial charge in [-0.25, -0.2) is 4.39 Å². The van der Waals surface area contributed by atoms with E-state index >= 15 is 0 Å². The zero-order chi connectivity index (χ0) is 19.8. The standard InChI is InChI=1S/C22H20FNO4/c1-26-19-9-11-20(12-10-19)28-15-22(25)24-18-3-2-4-21(13-18)27-14-16-5-7-17(23)8-6-16/h2-13H,14-15H2,1H3,(H,24,25). The van der Waals surface area contributed by atoms with Gasteiger partial charge in [-0.1, -0.05) is 18.2 Å². The summed E-state index contributed by atoms with van der Waals surface area (Å²) < 4.78 is 29.2. The molecule has 0 saturated carbocycles. The van der Waals surface area contributed by atoms with E-state index in [9.17, 15) is 9.18 Å². The van der Waals surface area contributed by atoms with E-state index in [2.05, 4.69) is 5.32 Å². The Kier molecular flexibility index (Phi) is 6.46. The molecule has 5 nitrogen and oxygen atoms in total. The van der Waals surface area contributed by atoms with Crippen molar-refractivity contribution in [3.8, 4) is 17.2 Å². The first-order chi connectivity index (χ1) is 13.6. The Hall–Kier alpha value is -3.54. The number of rotatable bonds is 8. The molecule has 144 valence electrons. The van der Waals surface area contributed by atoms with E-state index in [1.165, 1.54) is 12.1 Å². The molecule has 0 bridgehead atoms. The van der Waals surface area contributed by atoms with E-state index in [0.717, 1.165) is 5.56 Å². The van der Waals surface area contributed by atoms with Gasteiger partial charge in [-0.2, -0.15) is 0 Å². The van der Waals surface area contributed by atoms with Crippen LogP contribution in [0.2, 0.25) is 0 Å². The number of halogens is 1. The molecule has 3 aromatic rings. The highest BCUT2D eigenvalue weighted by Crippen LogP contribution is 2.20. The SMILES string of the molecule is COc1ccc(OCC(=O)Nc2cccc(OCc3ccc(F)cc3)c2)cc1. The molecule has 0 unspecified atom stereocenters. The monoisotopic (exact) mass is 381 g/mol. The zero-order valence-corrected chi connectivity index (χ0v) is 15.4. The number of carbonyl (C=O) groups is 1. The molecule has 0 atom stereocenters. The molecule has 0 fully saturated rings. The normalized spacial score (nSPS) is 10.2. The summed E-state index contributed by atoms with van der Waals surface area (Å²) in [5.41, 5.74) is 1.45. The van der Waals surface area contributed by atoms with Crippen LogP contribution in [0.4, 0.5) is 10.1 Å². The van der Waals surface area contributed by atoms with Crippen LogP contribution in [0.1, 0.15) is 5.56 Å². The minimum Gasteiger partial charge on any atom is -0.497 e. The quantitative estimate of drug-likeness (QED) is 0.627. The largest absolute Gasteiger partial charge is 0.497 e. The number of anilines is 1. The lowest BCUT2D eigenvalue weighted by Crippen LogP contribution is -2.20. The Labute approximate surface area is 162 Å². The number of carbonyl (C=O) groups excluding carboxylic acids is 1. The van der Waals surface area contributed by atoms with Crippen molar-refractivity contribution in [2.75, 3.05) is 19.0 Å². The van der Waals surface area contributed by atoms with Gasteiger partial charge in [0, 0.05) is 11.8 Å². The van der Waals surface area contributed by atoms with E-state index in [4.69, 9.17) is 14.2 Å². The third-order valence-electron chi connectivity index (χ3n) is 3.87. The highest BCUT2D eigenvalue weighted by Gasteiger charge is 2.05. The summed E-state index contributed by atoms with van der Waals surface area (Å²) in [6, 6.07) is 20.1. The molecular weight excluding hydrogens is 361 g/mol. The van der Waals surface area contributed by atoms with Crippen molar-refractivity contribution in [1.29, 1.82) is 0 Å². The predicted molar refractivity (Wildman–Crippen MR) is 104 cm³/mol. The molecule has 6 heteroatoms. The van der Waals surface area contributed by atoms with Gasteiger partial charge in [0.2, 0.25) is 0 Å². The molecule has 0 heterocycles. The second-order valence-electron chi connectivity index (χ2n) is 5.96. The molecule has 0 saturated heterocycles. The lowest BCUT2D eigenvalue weighted by molar-refractivity contribution is -0.118. The molecule has 1 N–H and O–H groups in total. The van der Waals surface area contributed by atoms with Gasteiger partial charge in [-0.15, -0.1) is 0 Å². The Morgan fingerprint density at radius 1 is 0.893 bits per heavy atom. The van der Waals surface area contributed by atoms with E-state index in [1.807, 2.05) is 0 Å². The van der Waals surface area contributed by atoms with Crippen LogP contribution < -0.4 is 19.5 Å². The zero-order valence-electron chi connectivity index (χ0n) is 15.4. The molecule has 0 aliphatic rings. The molecule has 3 aromatic carbocycles. The van der Waals surface area contributed by atoms with Gasteiger partial charge >= 0.3 is 0 Å². The predicted octanol–water partition coefficient (Wildman–Crippen LogP) is 4.43. The van der Waals surface area contributed by atoms with Crippen molar-refractivity contribution in [1.82, 2.24) is 0 Å². The molecule has 0 aliphatic carbocycles. The molecule has 1 amide bonds. The van der Waals surface area contributed by atoms with E-state index in [-0.39, 0.29) is 18.3 Å². The lowest BCUT2D eigenvalue weighted by Gasteiger charge is -2.10. The average Bonchev–Trinajstić information content (AvgIpc) is 2.72. The van der Waals surface area contributed by atoms with Crippen LogP contribution in [-0.2, 0) is 11.4 Å². The van der Waals surface area contributed by atoms with Crippen LogP contribution in [0.3, 0.4) is 0 Å². The molecule has 28 heavy (non-hydrogen) atoms. The van der Waals surface area contributed by atoms with E-state index in [0.29, 0.717) is 29.5 Å². The number of amides is 1. The fraction of sp³-hybridized carbons (Fsp3) is 0.136. The van der Waals surface area contributed by atoms with Crippen LogP contribution >= 0.6 is 0 Å². The van der Waals surface area contributed by atoms with Crippen LogP contribution in [-0.4, -0.2) is 19.6 Å². The molecule has 0 radical (unpaired) electrons. The highest BCUT2D eigenvalue weighted by molar-refractivity contribution is 5.92. The van der Waals surface area contributed by atoms with Crippen LogP contribution in [0.25, 0.3) is 0 Å². The number of hydrogen-bond donors (Lipinski definition) is 1. The molecule has 0 aromatic heterocycles. The van der Waals surface area contributed by atoms with E-state index in [1.54, 1.807) is 67.8 Å². The van der Waals surface area contributed by atoms with Crippen molar-refractivity contribution in [2.45, 2.75) is 6.61 Å². The Morgan fingerprint density at radius 2 is 1.61 bits per heavy atom. The second kappa shape index (κ2) is 9.41. The molecular formula is C22H20FNO4. The van der Waals surface area contributed by atoms with Crippen molar-refractivity contribution < 1.29 is 23.4 Å². The van der Waals surface area contributed by atoms with Crippen LogP contribution in [0.5, 0.6) is 17.2 Å². The fourth-order valence-corrected chi connectivity index (χ4v) is 2.43. The molecule has 3 rings (SSSR count). The summed E-state index contributed by atoms with van der Waals surface area (Å²) in [7, 11) is 1.58. The molecule has 0 aliphatic heterocycles. The summed E-state index contributed by atoms with van der Waals surface area (Å²) in [6.07, 6.45) is 0. The van der Waals surface area contributed by atoms with Crippen LogP contribution in [0, 0.1) is 5.82 Å². The van der Waals surface area contributed by atoms with Crippen molar-refractivity contribution in [3.05, 3.63) is 84.2 Å². The second-order valence-corrected chi connectivity index (χ2v) is 5.96. The smallest absolute Gasteiger partial charge is 0.262 e. The van der Waals surface area contributed by atoms with Crippen molar-refractivity contribution in [3.63, 3.8) is 0 Å². The number of hydrogen-bond acceptors (Lipinski definition) is 4. The Morgan fingerprint density at radius 3 is 2.32 bits per heavy atom. The third-order valence-corrected chi connectivity index (χ3v) is 3.87. The number of nitrogens with one attached hydrogen (secondary N) is 1. The number of methoxy groups -OCH3 is 1. The number of benzene rings is 3. The summed E-state index contributed by atoms with van der Waals surface area (Å²) in [5, 5.41) is 2.76. The third kappa shape index (κ3) is 5.74. The lowest BCUT2D eigenvalue weighted by atomic mass is 10.2. The summed E-state index contributed by atoms with van der Waals surface area (Å²) in [4.78, 5) is 12.1. The highest BCUT2D eigenvalue weighted by atomic mass is 19.1. The van der Waals surface area contributed by atoms with Crippen molar-refractivity contribution in [2.24, 2.45) is 0 Å². The summed E-state index contributed by atoms with van der Waals surface area (Å²) >= 11 is 0. The van der Waals surface area contributed by atoms with Gasteiger partial charge in [0.15, 0.2) is 6.61 Å².